The summed E-state index contributed by atoms with van der Waals surface area (Å²) in [7, 11) is -1.12. The van der Waals surface area contributed by atoms with Gasteiger partial charge in [-0.05, 0) is 35.9 Å². The molecule has 1 aromatic carbocycles. The lowest BCUT2D eigenvalue weighted by molar-refractivity contribution is 0.0912. The van der Waals surface area contributed by atoms with Crippen LogP contribution in [0.1, 0.15) is 0 Å². The summed E-state index contributed by atoms with van der Waals surface area (Å²) in [6, 6.07) is 14.0. The van der Waals surface area contributed by atoms with Gasteiger partial charge in [0.1, 0.15) is 12.5 Å². The second kappa shape index (κ2) is 9.22. The van der Waals surface area contributed by atoms with E-state index < -0.39 is 8.07 Å². The fraction of sp³-hybridized carbons (Fsp3) is 0.435. The van der Waals surface area contributed by atoms with Crippen molar-refractivity contribution in [2.75, 3.05) is 37.8 Å². The highest BCUT2D eigenvalue weighted by Gasteiger charge is 2.20. The van der Waals surface area contributed by atoms with E-state index >= 15 is 0 Å². The molecule has 4 rings (SSSR count). The van der Waals surface area contributed by atoms with E-state index in [0.717, 1.165) is 54.4 Å². The maximum atomic E-state index is 6.17. The molecule has 0 N–H and O–H groups in total. The molecular weight excluding hydrogens is 458 g/mol. The summed E-state index contributed by atoms with van der Waals surface area (Å²) in [6.07, 6.45) is 1.91. The average molecular weight is 489 g/mol. The van der Waals surface area contributed by atoms with Crippen LogP contribution in [0.25, 0.3) is 22.2 Å². The Morgan fingerprint density at radius 3 is 2.53 bits per heavy atom. The maximum Gasteiger partial charge on any atom is 0.138 e. The standard InChI is InChI=1S/C23H30BrN3O2Si/c1-30(2,3)15-14-29-17-27-21-8-9-25-23(26-10-12-28-13-11-26)20(21)16-22(27)18-4-6-19(24)7-5-18/h4-9,16H,10-15,17H2,1-3H3. The van der Waals surface area contributed by atoms with Crippen molar-refractivity contribution in [3.05, 3.63) is 47.1 Å². The normalized spacial score (nSPS) is 15.1. The number of anilines is 1. The second-order valence-electron chi connectivity index (χ2n) is 8.98. The number of ether oxygens (including phenoxy) is 2. The number of fused-ring (bicyclic) bond motifs is 1. The molecule has 1 saturated heterocycles. The highest BCUT2D eigenvalue weighted by molar-refractivity contribution is 9.10. The number of benzene rings is 1. The van der Waals surface area contributed by atoms with Crippen molar-refractivity contribution in [3.63, 3.8) is 0 Å². The Morgan fingerprint density at radius 1 is 1.10 bits per heavy atom. The van der Waals surface area contributed by atoms with Crippen LogP contribution >= 0.6 is 15.9 Å². The molecule has 0 spiro atoms. The van der Waals surface area contributed by atoms with Gasteiger partial charge in [0.25, 0.3) is 0 Å². The van der Waals surface area contributed by atoms with Gasteiger partial charge >= 0.3 is 0 Å². The van der Waals surface area contributed by atoms with Gasteiger partial charge in [-0.3, -0.25) is 0 Å². The SMILES string of the molecule is C[Si](C)(C)CCOCn1c(-c2ccc(Br)cc2)cc2c(N3CCOCC3)nccc21. The Bertz CT molecular complexity index is 992. The minimum Gasteiger partial charge on any atom is -0.378 e. The van der Waals surface area contributed by atoms with Gasteiger partial charge in [-0.1, -0.05) is 47.7 Å². The Hall–Kier alpha value is -1.67. The van der Waals surface area contributed by atoms with E-state index in [0.29, 0.717) is 6.73 Å². The molecule has 2 aromatic heterocycles. The quantitative estimate of drug-likeness (QED) is 0.320. The first kappa shape index (κ1) is 21.6. The van der Waals surface area contributed by atoms with Crippen molar-refractivity contribution in [1.82, 2.24) is 9.55 Å². The predicted octanol–water partition coefficient (Wildman–Crippen LogP) is 5.61. The molecule has 0 amide bonds. The van der Waals surface area contributed by atoms with Gasteiger partial charge in [0, 0.05) is 43.8 Å². The zero-order valence-corrected chi connectivity index (χ0v) is 20.6. The van der Waals surface area contributed by atoms with Crippen LogP contribution in [-0.4, -0.2) is 50.5 Å². The molecule has 5 nitrogen and oxygen atoms in total. The Morgan fingerprint density at radius 2 is 1.83 bits per heavy atom. The Labute approximate surface area is 188 Å². The maximum absolute atomic E-state index is 6.17. The number of hydrogen-bond acceptors (Lipinski definition) is 4. The summed E-state index contributed by atoms with van der Waals surface area (Å²) in [5, 5.41) is 1.17. The number of aromatic nitrogens is 2. The first-order valence-electron chi connectivity index (χ1n) is 10.6. The molecule has 1 aliphatic rings. The van der Waals surface area contributed by atoms with Gasteiger partial charge in [-0.2, -0.15) is 0 Å². The van der Waals surface area contributed by atoms with Crippen molar-refractivity contribution >= 4 is 40.7 Å². The zero-order valence-electron chi connectivity index (χ0n) is 18.0. The molecule has 3 aromatic rings. The van der Waals surface area contributed by atoms with Crippen LogP contribution in [0.5, 0.6) is 0 Å². The predicted molar refractivity (Wildman–Crippen MR) is 130 cm³/mol. The molecular formula is C23H30BrN3O2Si. The number of morpholine rings is 1. The van der Waals surface area contributed by atoms with Crippen LogP contribution < -0.4 is 4.90 Å². The van der Waals surface area contributed by atoms with Crippen molar-refractivity contribution < 1.29 is 9.47 Å². The van der Waals surface area contributed by atoms with E-state index in [1.54, 1.807) is 0 Å². The molecule has 1 aliphatic heterocycles. The van der Waals surface area contributed by atoms with Gasteiger partial charge in [-0.25, -0.2) is 4.98 Å². The Kier molecular flexibility index (Phi) is 6.62. The van der Waals surface area contributed by atoms with Gasteiger partial charge in [0.05, 0.1) is 24.4 Å². The number of nitrogens with zero attached hydrogens (tertiary/aromatic N) is 3. The largest absolute Gasteiger partial charge is 0.378 e. The molecule has 0 unspecified atom stereocenters. The molecule has 0 bridgehead atoms. The lowest BCUT2D eigenvalue weighted by Crippen LogP contribution is -2.36. The van der Waals surface area contributed by atoms with Crippen LogP contribution in [0.3, 0.4) is 0 Å². The highest BCUT2D eigenvalue weighted by atomic mass is 79.9. The van der Waals surface area contributed by atoms with Gasteiger partial charge in [-0.15, -0.1) is 0 Å². The summed E-state index contributed by atoms with van der Waals surface area (Å²) in [4.78, 5) is 7.06. The van der Waals surface area contributed by atoms with E-state index in [-0.39, 0.29) is 0 Å². The molecule has 0 saturated carbocycles. The minimum atomic E-state index is -1.12. The molecule has 0 aliphatic carbocycles. The first-order chi connectivity index (χ1) is 14.4. The van der Waals surface area contributed by atoms with E-state index in [9.17, 15) is 0 Å². The van der Waals surface area contributed by atoms with Crippen LogP contribution in [0.15, 0.2) is 47.1 Å². The molecule has 0 radical (unpaired) electrons. The number of pyridine rings is 1. The summed E-state index contributed by atoms with van der Waals surface area (Å²) in [5.74, 6) is 1.04. The zero-order chi connectivity index (χ0) is 21.1. The highest BCUT2D eigenvalue weighted by Crippen LogP contribution is 2.34. The van der Waals surface area contributed by atoms with Crippen LogP contribution in [0.2, 0.25) is 25.7 Å². The van der Waals surface area contributed by atoms with Crippen molar-refractivity contribution in [1.29, 1.82) is 0 Å². The fourth-order valence-electron chi connectivity index (χ4n) is 3.73. The van der Waals surface area contributed by atoms with E-state index in [1.807, 2.05) is 6.20 Å². The second-order valence-corrected chi connectivity index (χ2v) is 15.5. The van der Waals surface area contributed by atoms with Crippen molar-refractivity contribution in [2.24, 2.45) is 0 Å². The van der Waals surface area contributed by atoms with E-state index in [2.05, 4.69) is 81.4 Å². The number of hydrogen-bond donors (Lipinski definition) is 0. The number of halogens is 1. The summed E-state index contributed by atoms with van der Waals surface area (Å²) in [6.45, 7) is 11.7. The summed E-state index contributed by atoms with van der Waals surface area (Å²) >= 11 is 3.55. The van der Waals surface area contributed by atoms with Crippen molar-refractivity contribution in [2.45, 2.75) is 32.4 Å². The lowest BCUT2D eigenvalue weighted by Gasteiger charge is -2.28. The summed E-state index contributed by atoms with van der Waals surface area (Å²) < 4.78 is 15.1. The third-order valence-corrected chi connectivity index (χ3v) is 7.71. The molecule has 7 heteroatoms. The minimum absolute atomic E-state index is 0.548. The molecule has 30 heavy (non-hydrogen) atoms. The Balaban J connectivity index is 1.72. The van der Waals surface area contributed by atoms with Gasteiger partial charge in [0.2, 0.25) is 0 Å². The summed E-state index contributed by atoms with van der Waals surface area (Å²) in [5.41, 5.74) is 3.50. The topological polar surface area (TPSA) is 39.5 Å². The van der Waals surface area contributed by atoms with Crippen LogP contribution in [0, 0.1) is 0 Å². The third kappa shape index (κ3) is 4.96. The molecule has 0 atom stereocenters. The average Bonchev–Trinajstić information content (AvgIpc) is 3.10. The van der Waals surface area contributed by atoms with Crippen molar-refractivity contribution in [3.8, 4) is 11.3 Å². The van der Waals surface area contributed by atoms with Crippen LogP contribution in [0.4, 0.5) is 5.82 Å². The molecule has 3 heterocycles. The fourth-order valence-corrected chi connectivity index (χ4v) is 4.75. The smallest absolute Gasteiger partial charge is 0.138 e. The van der Waals surface area contributed by atoms with Gasteiger partial charge < -0.3 is 18.9 Å². The third-order valence-electron chi connectivity index (χ3n) is 5.48. The lowest BCUT2D eigenvalue weighted by atomic mass is 10.1. The molecule has 1 fully saturated rings. The van der Waals surface area contributed by atoms with Gasteiger partial charge in [0.15, 0.2) is 0 Å². The number of rotatable bonds is 7. The van der Waals surface area contributed by atoms with Crippen LogP contribution in [-0.2, 0) is 16.2 Å². The van der Waals surface area contributed by atoms with E-state index in [1.165, 1.54) is 17.0 Å². The van der Waals surface area contributed by atoms with E-state index in [4.69, 9.17) is 14.5 Å². The first-order valence-corrected chi connectivity index (χ1v) is 15.1. The monoisotopic (exact) mass is 487 g/mol. The molecule has 160 valence electrons.